The Labute approximate surface area is 91.3 Å². The molecular weight excluding hydrogens is 224 g/mol. The summed E-state index contributed by atoms with van der Waals surface area (Å²) in [7, 11) is 0. The van der Waals surface area contributed by atoms with Crippen molar-refractivity contribution in [1.82, 2.24) is 0 Å². The lowest BCUT2D eigenvalue weighted by Crippen LogP contribution is -2.58. The van der Waals surface area contributed by atoms with Crippen LogP contribution in [-0.2, 0) is 9.53 Å². The number of aliphatic hydroxyl groups is 5. The summed E-state index contributed by atoms with van der Waals surface area (Å²) in [6, 6.07) is 0. The molecule has 8 nitrogen and oxygen atoms in total. The average Bonchev–Trinajstić information content (AvgIpc) is 2.19. The fourth-order valence-corrected chi connectivity index (χ4v) is 1.08. The Balaban J connectivity index is 0.000000487. The van der Waals surface area contributed by atoms with E-state index in [4.69, 9.17) is 35.4 Å². The number of carbonyl (C=O) groups is 1. The zero-order valence-electron chi connectivity index (χ0n) is 8.59. The lowest BCUT2D eigenvalue weighted by atomic mass is 10.00. The molecule has 0 amide bonds. The molecule has 0 aromatic carbocycles. The van der Waals surface area contributed by atoms with Crippen molar-refractivity contribution in [1.29, 1.82) is 0 Å². The van der Waals surface area contributed by atoms with Gasteiger partial charge in [0.05, 0.1) is 6.61 Å². The Morgan fingerprint density at radius 2 is 1.56 bits per heavy atom. The van der Waals surface area contributed by atoms with Gasteiger partial charge in [-0.2, -0.15) is 0 Å². The standard InChI is InChI=1S/C6H12O6.C2H4O2/c7-1-2-3(8)4(9)5(10)6(11)12-2;1-2(3)4/h2-11H,1H2;1H3,(H,3,4)/t2-,3-,4+,5-,6-;/m1./s1. The van der Waals surface area contributed by atoms with Crippen LogP contribution in [0.5, 0.6) is 0 Å². The number of hydrogen-bond donors (Lipinski definition) is 6. The molecule has 1 fully saturated rings. The number of carboxylic acid groups (broad SMARTS) is 1. The maximum atomic E-state index is 9.12. The maximum Gasteiger partial charge on any atom is 0.300 e. The fraction of sp³-hybridized carbons (Fsp3) is 0.875. The molecule has 0 radical (unpaired) electrons. The molecule has 96 valence electrons. The topological polar surface area (TPSA) is 148 Å². The van der Waals surface area contributed by atoms with Gasteiger partial charge in [-0.15, -0.1) is 0 Å². The summed E-state index contributed by atoms with van der Waals surface area (Å²) >= 11 is 0. The molecule has 0 aliphatic carbocycles. The van der Waals surface area contributed by atoms with Crippen LogP contribution in [0.25, 0.3) is 0 Å². The molecule has 8 heteroatoms. The zero-order chi connectivity index (χ0) is 12.9. The van der Waals surface area contributed by atoms with E-state index in [0.717, 1.165) is 6.92 Å². The minimum Gasteiger partial charge on any atom is -0.481 e. The van der Waals surface area contributed by atoms with E-state index in [1.54, 1.807) is 0 Å². The van der Waals surface area contributed by atoms with Crippen LogP contribution in [0.15, 0.2) is 0 Å². The first-order valence-electron chi connectivity index (χ1n) is 4.49. The number of aliphatic hydroxyl groups excluding tert-OH is 5. The SMILES string of the molecule is CC(=O)O.OC[C@H]1O[C@@H](O)[C@H](O)[C@@H](O)[C@@H]1O. The van der Waals surface area contributed by atoms with Crippen molar-refractivity contribution >= 4 is 5.97 Å². The normalized spacial score (nSPS) is 38.5. The van der Waals surface area contributed by atoms with Gasteiger partial charge >= 0.3 is 0 Å². The minimum absolute atomic E-state index is 0.526. The first kappa shape index (κ1) is 15.2. The Kier molecular flexibility index (Phi) is 6.41. The molecule has 5 atom stereocenters. The second-order valence-corrected chi connectivity index (χ2v) is 3.24. The number of hydrogen-bond acceptors (Lipinski definition) is 7. The maximum absolute atomic E-state index is 9.12. The van der Waals surface area contributed by atoms with Crippen LogP contribution in [0.2, 0.25) is 0 Å². The summed E-state index contributed by atoms with van der Waals surface area (Å²) in [6.07, 6.45) is -7.04. The quantitative estimate of drug-likeness (QED) is 0.282. The predicted octanol–water partition coefficient (Wildman–Crippen LogP) is -3.13. The van der Waals surface area contributed by atoms with E-state index < -0.39 is 43.3 Å². The lowest BCUT2D eigenvalue weighted by Gasteiger charge is -2.37. The third-order valence-electron chi connectivity index (χ3n) is 1.87. The van der Waals surface area contributed by atoms with Gasteiger partial charge in [0.1, 0.15) is 24.4 Å². The van der Waals surface area contributed by atoms with Crippen LogP contribution < -0.4 is 0 Å². The smallest absolute Gasteiger partial charge is 0.300 e. The van der Waals surface area contributed by atoms with E-state index in [1.165, 1.54) is 0 Å². The van der Waals surface area contributed by atoms with Crippen LogP contribution in [0.4, 0.5) is 0 Å². The fourth-order valence-electron chi connectivity index (χ4n) is 1.08. The van der Waals surface area contributed by atoms with Gasteiger partial charge in [-0.25, -0.2) is 0 Å². The molecule has 0 bridgehead atoms. The monoisotopic (exact) mass is 240 g/mol. The molecule has 1 aliphatic heterocycles. The highest BCUT2D eigenvalue weighted by atomic mass is 16.6. The van der Waals surface area contributed by atoms with Crippen molar-refractivity contribution in [3.05, 3.63) is 0 Å². The van der Waals surface area contributed by atoms with Crippen LogP contribution in [-0.4, -0.2) is 73.9 Å². The highest BCUT2D eigenvalue weighted by Gasteiger charge is 2.42. The van der Waals surface area contributed by atoms with Crippen molar-refractivity contribution in [2.45, 2.75) is 37.6 Å². The van der Waals surface area contributed by atoms with Crippen molar-refractivity contribution in [2.24, 2.45) is 0 Å². The van der Waals surface area contributed by atoms with Gasteiger partial charge in [0, 0.05) is 6.92 Å². The van der Waals surface area contributed by atoms with E-state index in [9.17, 15) is 0 Å². The Bertz CT molecular complexity index is 211. The van der Waals surface area contributed by atoms with E-state index in [2.05, 4.69) is 4.74 Å². The van der Waals surface area contributed by atoms with Gasteiger partial charge in [0.15, 0.2) is 6.29 Å². The Morgan fingerprint density at radius 1 is 1.12 bits per heavy atom. The van der Waals surface area contributed by atoms with E-state index in [1.807, 2.05) is 0 Å². The summed E-state index contributed by atoms with van der Waals surface area (Å²) in [6.45, 7) is 0.558. The van der Waals surface area contributed by atoms with Gasteiger partial charge in [-0.3, -0.25) is 4.79 Å². The third kappa shape index (κ3) is 4.39. The predicted molar refractivity (Wildman–Crippen MR) is 49.3 cm³/mol. The van der Waals surface area contributed by atoms with Crippen LogP contribution in [0.1, 0.15) is 6.92 Å². The molecule has 1 rings (SSSR count). The van der Waals surface area contributed by atoms with Gasteiger partial charge < -0.3 is 35.4 Å². The molecule has 0 aromatic rings. The summed E-state index contributed by atoms with van der Waals surface area (Å²) in [4.78, 5) is 9.00. The van der Waals surface area contributed by atoms with Crippen molar-refractivity contribution in [3.8, 4) is 0 Å². The van der Waals surface area contributed by atoms with Gasteiger partial charge in [0.2, 0.25) is 0 Å². The van der Waals surface area contributed by atoms with Gasteiger partial charge in [-0.1, -0.05) is 0 Å². The second kappa shape index (κ2) is 6.74. The Morgan fingerprint density at radius 3 is 1.94 bits per heavy atom. The first-order valence-corrected chi connectivity index (χ1v) is 4.49. The molecule has 6 N–H and O–H groups in total. The molecule has 0 unspecified atom stereocenters. The number of ether oxygens (including phenoxy) is 1. The molecule has 0 saturated carbocycles. The lowest BCUT2D eigenvalue weighted by molar-refractivity contribution is -0.286. The number of aliphatic carboxylic acids is 1. The average molecular weight is 240 g/mol. The van der Waals surface area contributed by atoms with Crippen LogP contribution >= 0.6 is 0 Å². The largest absolute Gasteiger partial charge is 0.481 e. The van der Waals surface area contributed by atoms with Crippen molar-refractivity contribution < 1.29 is 40.2 Å². The summed E-state index contributed by atoms with van der Waals surface area (Å²) in [5.74, 6) is -0.833. The molecule has 0 aromatic heterocycles. The summed E-state index contributed by atoms with van der Waals surface area (Å²) < 4.78 is 4.58. The molecular formula is C8H16O8. The zero-order valence-corrected chi connectivity index (χ0v) is 8.59. The van der Waals surface area contributed by atoms with E-state index in [-0.39, 0.29) is 0 Å². The van der Waals surface area contributed by atoms with Gasteiger partial charge in [-0.05, 0) is 0 Å². The minimum atomic E-state index is -1.57. The van der Waals surface area contributed by atoms with Crippen molar-refractivity contribution in [3.63, 3.8) is 0 Å². The molecule has 1 heterocycles. The second-order valence-electron chi connectivity index (χ2n) is 3.24. The van der Waals surface area contributed by atoms with Crippen LogP contribution in [0, 0.1) is 0 Å². The Hall–Kier alpha value is -0.770. The van der Waals surface area contributed by atoms with E-state index in [0.29, 0.717) is 0 Å². The third-order valence-corrected chi connectivity index (χ3v) is 1.87. The van der Waals surface area contributed by atoms with Crippen molar-refractivity contribution in [2.75, 3.05) is 6.61 Å². The van der Waals surface area contributed by atoms with Crippen LogP contribution in [0.3, 0.4) is 0 Å². The summed E-state index contributed by atoms with van der Waals surface area (Å²) in [5.41, 5.74) is 0. The van der Waals surface area contributed by atoms with Gasteiger partial charge in [0.25, 0.3) is 5.97 Å². The summed E-state index contributed by atoms with van der Waals surface area (Å²) in [5, 5.41) is 52.1. The molecule has 16 heavy (non-hydrogen) atoms. The molecule has 1 saturated heterocycles. The number of rotatable bonds is 1. The highest BCUT2D eigenvalue weighted by molar-refractivity contribution is 5.62. The molecule has 1 aliphatic rings. The first-order chi connectivity index (χ1) is 7.31. The molecule has 0 spiro atoms. The number of carboxylic acids is 1. The van der Waals surface area contributed by atoms with E-state index >= 15 is 0 Å². The highest BCUT2D eigenvalue weighted by Crippen LogP contribution is 2.18.